The second-order valence-corrected chi connectivity index (χ2v) is 25.5. The number of pyridine rings is 2. The molecule has 0 fully saturated rings. The fourth-order valence-electron chi connectivity index (χ4n) is 9.41. The lowest BCUT2D eigenvalue weighted by Crippen LogP contribution is -2.61. The number of carbonyl (C=O) groups excluding carboxylic acids is 5. The van der Waals surface area contributed by atoms with E-state index in [2.05, 4.69) is 46.9 Å². The lowest BCUT2D eigenvalue weighted by Gasteiger charge is -2.33. The third-order valence-corrected chi connectivity index (χ3v) is 14.7. The van der Waals surface area contributed by atoms with Crippen LogP contribution in [0.15, 0.2) is 184 Å². The summed E-state index contributed by atoms with van der Waals surface area (Å²) in [5.74, 6) is -0.719. The number of halogens is 6. The summed E-state index contributed by atoms with van der Waals surface area (Å²) < 4.78 is 128. The number of amides is 5. The maximum atomic E-state index is 14.5. The van der Waals surface area contributed by atoms with Gasteiger partial charge in [0, 0.05) is 24.0 Å². The minimum absolute atomic E-state index is 0.0252. The molecule has 6 aromatic rings. The minimum atomic E-state index is -5.22. The van der Waals surface area contributed by atoms with Crippen LogP contribution in [0.3, 0.4) is 0 Å². The average Bonchev–Trinajstić information content (AvgIpc) is 0.789. The lowest BCUT2D eigenvalue weighted by atomic mass is 9.97. The molecule has 2 unspecified atom stereocenters. The number of aryl methyl sites for hydroxylation is 2. The van der Waals surface area contributed by atoms with Crippen molar-refractivity contribution in [2.75, 3.05) is 10.6 Å². The Kier molecular flexibility index (Phi) is 33.6. The number of rotatable bonds is 32. The van der Waals surface area contributed by atoms with Crippen LogP contribution in [0.5, 0.6) is 11.8 Å². The summed E-state index contributed by atoms with van der Waals surface area (Å²) in [6, 6.07) is 38.3. The summed E-state index contributed by atoms with van der Waals surface area (Å²) in [4.78, 5) is 83.5. The van der Waals surface area contributed by atoms with Crippen LogP contribution in [0.4, 0.5) is 47.3 Å². The summed E-state index contributed by atoms with van der Waals surface area (Å²) in [5, 5.41) is 14.5. The monoisotopic (exact) mass is 1470 g/mol. The highest BCUT2D eigenvalue weighted by molar-refractivity contribution is 6.02. The number of carboxylic acids is 1. The van der Waals surface area contributed by atoms with Crippen LogP contribution in [0.2, 0.25) is 0 Å². The average molecular weight is 1470 g/mol. The molecule has 5 amide bonds. The first kappa shape index (κ1) is 86.9. The molecule has 105 heavy (non-hydrogen) atoms. The third kappa shape index (κ3) is 27.6. The van der Waals surface area contributed by atoms with Crippen molar-refractivity contribution in [1.82, 2.24) is 26.2 Å². The number of hydrazine groups is 2. The minimum Gasteiger partial charge on any atom is -0.476 e. The van der Waals surface area contributed by atoms with Crippen molar-refractivity contribution in [2.24, 2.45) is 5.84 Å². The molecule has 6 atom stereocenters. The van der Waals surface area contributed by atoms with E-state index in [9.17, 15) is 60.2 Å². The fourth-order valence-corrected chi connectivity index (χ4v) is 9.41. The molecule has 568 valence electrons. The number of nitrogens with one attached hydrogen (secondary N) is 5. The van der Waals surface area contributed by atoms with Gasteiger partial charge in [-0.25, -0.2) is 30.2 Å². The van der Waals surface area contributed by atoms with Crippen LogP contribution in [-0.2, 0) is 64.4 Å². The Bertz CT molecular complexity index is 3840. The van der Waals surface area contributed by atoms with Gasteiger partial charge in [-0.3, -0.25) is 41.3 Å². The van der Waals surface area contributed by atoms with E-state index in [1.165, 1.54) is 29.7 Å². The Morgan fingerprint density at radius 3 is 1.15 bits per heavy atom. The van der Waals surface area contributed by atoms with E-state index >= 15 is 0 Å². The third-order valence-electron chi connectivity index (χ3n) is 14.7. The van der Waals surface area contributed by atoms with Crippen molar-refractivity contribution in [1.29, 1.82) is 0 Å². The SMILES string of the molecule is C=CCC(OCc1ccccc1)[C@@H](C)Oc1nc(C(=O)NNC(=O)[C@@](CC=C)(OCc2ccccc2)C(F)(F)F)c(NC(=O)OC(C)(C)C)cc1C.C=CCC(OCc1ccccc1)[C@@H](C)Oc1nc(C(=O)O)c(NC(=O)OC(C)(C)C)cc1C.C=CC[C@@](OCc1ccccc1)(C(=O)NN)C(F)(F)F. The summed E-state index contributed by atoms with van der Waals surface area (Å²) in [6.45, 7) is 30.8. The molecule has 0 aliphatic carbocycles. The first-order chi connectivity index (χ1) is 49.4. The molecule has 0 saturated carbocycles. The number of aromatic nitrogens is 2. The van der Waals surface area contributed by atoms with Crippen molar-refractivity contribution in [3.8, 4) is 11.8 Å². The highest BCUT2D eigenvalue weighted by Crippen LogP contribution is 2.40. The second kappa shape index (κ2) is 40.6. The maximum absolute atomic E-state index is 14.5. The molecule has 0 saturated heterocycles. The van der Waals surface area contributed by atoms with E-state index in [1.807, 2.05) is 78.4 Å². The Balaban J connectivity index is 0.000000373. The number of anilines is 2. The number of ether oxygens (including phenoxy) is 8. The van der Waals surface area contributed by atoms with Crippen molar-refractivity contribution in [3.05, 3.63) is 229 Å². The van der Waals surface area contributed by atoms with Crippen molar-refractivity contribution < 1.29 is 98.1 Å². The summed E-state index contributed by atoms with van der Waals surface area (Å²) in [6.07, 6.45) is -9.23. The van der Waals surface area contributed by atoms with Crippen molar-refractivity contribution in [2.45, 2.75) is 181 Å². The van der Waals surface area contributed by atoms with Crippen LogP contribution in [-0.4, -0.2) is 110 Å². The van der Waals surface area contributed by atoms with Gasteiger partial charge in [0.05, 0.1) is 50.0 Å². The molecule has 8 N–H and O–H groups in total. The molecule has 29 heteroatoms. The Hall–Kier alpha value is -10.5. The smallest absolute Gasteiger partial charge is 0.427 e. The largest absolute Gasteiger partial charge is 0.476 e. The van der Waals surface area contributed by atoms with Crippen molar-refractivity contribution in [3.63, 3.8) is 0 Å². The molecule has 0 bridgehead atoms. The van der Waals surface area contributed by atoms with Crippen LogP contribution >= 0.6 is 0 Å². The Morgan fingerprint density at radius 2 is 0.838 bits per heavy atom. The molecular formula is C76H92F6N8O15. The zero-order chi connectivity index (χ0) is 78.3. The van der Waals surface area contributed by atoms with Crippen molar-refractivity contribution >= 4 is 47.3 Å². The van der Waals surface area contributed by atoms with Crippen LogP contribution in [0.1, 0.15) is 135 Å². The van der Waals surface area contributed by atoms with Gasteiger partial charge in [-0.1, -0.05) is 146 Å². The van der Waals surface area contributed by atoms with E-state index in [4.69, 9.17) is 43.7 Å². The molecule has 6 rings (SSSR count). The van der Waals surface area contributed by atoms with E-state index in [1.54, 1.807) is 123 Å². The Morgan fingerprint density at radius 1 is 0.505 bits per heavy atom. The fraction of sp³-hybridized carbons (Fsp3) is 0.368. The highest BCUT2D eigenvalue weighted by Gasteiger charge is 2.62. The molecule has 23 nitrogen and oxygen atoms in total. The Labute approximate surface area is 606 Å². The molecule has 4 aromatic carbocycles. The number of alkyl halides is 6. The normalized spacial score (nSPS) is 13.7. The summed E-state index contributed by atoms with van der Waals surface area (Å²) in [5.41, 5.74) is -0.00854. The first-order valence-electron chi connectivity index (χ1n) is 32.8. The van der Waals surface area contributed by atoms with Gasteiger partial charge in [-0.2, -0.15) is 26.3 Å². The molecule has 0 aliphatic rings. The summed E-state index contributed by atoms with van der Waals surface area (Å²) in [7, 11) is 0. The van der Waals surface area contributed by atoms with E-state index in [0.717, 1.165) is 23.3 Å². The predicted molar refractivity (Wildman–Crippen MR) is 382 cm³/mol. The van der Waals surface area contributed by atoms with Crippen LogP contribution < -0.4 is 42.2 Å². The topological polar surface area (TPSA) is 308 Å². The number of aromatic carboxylic acids is 1. The van der Waals surface area contributed by atoms with Crippen LogP contribution in [0.25, 0.3) is 0 Å². The number of carboxylic acid groups (broad SMARTS) is 1. The number of hydrogen-bond donors (Lipinski definition) is 7. The number of carbonyl (C=O) groups is 6. The van der Waals surface area contributed by atoms with E-state index in [-0.39, 0.29) is 48.1 Å². The van der Waals surface area contributed by atoms with Gasteiger partial charge in [-0.15, -0.1) is 26.3 Å². The van der Waals surface area contributed by atoms with Gasteiger partial charge < -0.3 is 43.0 Å². The van der Waals surface area contributed by atoms with Gasteiger partial charge in [0.15, 0.2) is 11.4 Å². The number of nitrogens with zero attached hydrogens (tertiary/aromatic N) is 2. The molecule has 2 aromatic heterocycles. The molecule has 0 radical (unpaired) electrons. The molecular weight excluding hydrogens is 1380 g/mol. The molecule has 0 aliphatic heterocycles. The lowest BCUT2D eigenvalue weighted by molar-refractivity contribution is -0.270. The highest BCUT2D eigenvalue weighted by atomic mass is 19.4. The van der Waals surface area contributed by atoms with Gasteiger partial charge in [0.2, 0.25) is 23.0 Å². The van der Waals surface area contributed by atoms with E-state index < -0.39 is 114 Å². The second-order valence-electron chi connectivity index (χ2n) is 25.5. The van der Waals surface area contributed by atoms with Gasteiger partial charge >= 0.3 is 30.5 Å². The summed E-state index contributed by atoms with van der Waals surface area (Å²) >= 11 is 0. The zero-order valence-corrected chi connectivity index (χ0v) is 60.2. The van der Waals surface area contributed by atoms with E-state index in [0.29, 0.717) is 41.7 Å². The first-order valence-corrected chi connectivity index (χ1v) is 32.8. The number of hydrogen-bond acceptors (Lipinski definition) is 17. The van der Waals surface area contributed by atoms with Gasteiger partial charge in [0.25, 0.3) is 17.7 Å². The predicted octanol–water partition coefficient (Wildman–Crippen LogP) is 15.0. The standard InChI is InChI=1S/C38H45F3N4O7.C25H32N2O6.C13H15F3N2O2/c1-8-16-30(49-23-27-17-12-10-13-18-27)26(4)51-33-25(3)22-29(42-35(48)52-36(5,6)7)31(43-33)32(46)44-45-34(47)37(21-9-2,38(39,40)41)50-24-28-19-14-11-15-20-28;1-7-11-20(31-15-18-12-9-8-10-13-18)17(3)32-22-16(2)14-19(21(27-22)23(28)29)26-24(30)33-25(4,5)6;1-2-8-12(11(19)18-17,13(14,15)16)20-9-10-6-4-3-5-7-10/h8-15,17-20,22,26,30H,1-2,16,21,23-24H2,3-7H3,(H,42,48)(H,44,46)(H,45,47);7-10,12-14,17,20H,1,11,15H2,2-6H3,(H,26,30)(H,28,29);2-7H,1,8-9,17H2,(H,18,19)/t26-,30?,37-;17-,20?;12-/m111/s1. The molecule has 0 spiro atoms. The van der Waals surface area contributed by atoms with Crippen LogP contribution in [0, 0.1) is 13.8 Å². The maximum Gasteiger partial charge on any atom is 0.427 e. The molecule has 2 heterocycles. The quantitative estimate of drug-likeness (QED) is 0.00678. The van der Waals surface area contributed by atoms with Gasteiger partial charge in [0.1, 0.15) is 23.4 Å². The number of nitrogens with two attached hydrogens (primary N) is 1. The van der Waals surface area contributed by atoms with Gasteiger partial charge in [-0.05, 0) is 116 Å². The number of benzene rings is 4. The zero-order valence-electron chi connectivity index (χ0n) is 60.2.